The molecule has 212 valence electrons. The van der Waals surface area contributed by atoms with Crippen molar-refractivity contribution in [2.75, 3.05) is 26.7 Å². The number of piperidine rings is 1. The molecule has 0 N–H and O–H groups in total. The van der Waals surface area contributed by atoms with Crippen LogP contribution in [0.4, 0.5) is 4.79 Å². The largest absolute Gasteiger partial charge is 0.490 e. The van der Waals surface area contributed by atoms with E-state index in [1.807, 2.05) is 48.0 Å². The third kappa shape index (κ3) is 4.85. The van der Waals surface area contributed by atoms with Gasteiger partial charge < -0.3 is 14.4 Å². The number of likely N-dealkylation sites (N-methyl/N-ethyl adjacent to an activating group) is 1. The van der Waals surface area contributed by atoms with Crippen LogP contribution in [-0.4, -0.2) is 74.1 Å². The number of nitrogens with zero attached hydrogens (tertiary/aromatic N) is 6. The van der Waals surface area contributed by atoms with Gasteiger partial charge in [0.25, 0.3) is 5.56 Å². The summed E-state index contributed by atoms with van der Waals surface area (Å²) < 4.78 is 15.6. The van der Waals surface area contributed by atoms with E-state index in [0.717, 1.165) is 42.1 Å². The Bertz CT molecular complexity index is 1710. The first-order chi connectivity index (χ1) is 19.8. The molecule has 11 heteroatoms. The number of hydrogen-bond donors (Lipinski definition) is 0. The Labute approximate surface area is 242 Å². The maximum absolute atomic E-state index is 13.8. The summed E-state index contributed by atoms with van der Waals surface area (Å²) in [4.78, 5) is 34.8. The number of amides is 1. The van der Waals surface area contributed by atoms with Crippen molar-refractivity contribution in [2.45, 2.75) is 51.5 Å². The van der Waals surface area contributed by atoms with Crippen LogP contribution < -0.4 is 10.3 Å². The molecule has 2 atom stereocenters. The van der Waals surface area contributed by atoms with Gasteiger partial charge in [0, 0.05) is 43.1 Å². The second-order valence-electron chi connectivity index (χ2n) is 11.2. The minimum absolute atomic E-state index is 0.00142. The third-order valence-corrected chi connectivity index (χ3v) is 8.61. The zero-order valence-corrected chi connectivity index (χ0v) is 23.8. The molecule has 5 heterocycles. The van der Waals surface area contributed by atoms with Gasteiger partial charge in [0.2, 0.25) is 0 Å². The molecular formula is C30H31ClN6O4. The molecule has 3 aliphatic heterocycles. The van der Waals surface area contributed by atoms with Gasteiger partial charge in [-0.3, -0.25) is 18.9 Å². The molecule has 1 amide bonds. The van der Waals surface area contributed by atoms with Crippen molar-refractivity contribution >= 4 is 28.6 Å². The summed E-state index contributed by atoms with van der Waals surface area (Å²) in [5.74, 6) is 1.23. The molecule has 0 spiro atoms. The van der Waals surface area contributed by atoms with Gasteiger partial charge in [0.1, 0.15) is 24.3 Å². The Kier molecular flexibility index (Phi) is 6.47. The molecule has 4 aromatic rings. The van der Waals surface area contributed by atoms with E-state index in [-0.39, 0.29) is 23.8 Å². The van der Waals surface area contributed by atoms with E-state index in [1.165, 1.54) is 0 Å². The normalized spacial score (nSPS) is 20.7. The van der Waals surface area contributed by atoms with Crippen molar-refractivity contribution in [3.63, 3.8) is 0 Å². The Balaban J connectivity index is 1.30. The first kappa shape index (κ1) is 26.0. The van der Waals surface area contributed by atoms with Crippen molar-refractivity contribution in [3.05, 3.63) is 74.9 Å². The van der Waals surface area contributed by atoms with Crippen LogP contribution in [-0.2, 0) is 24.4 Å². The highest BCUT2D eigenvalue weighted by atomic mass is 35.5. The fourth-order valence-electron chi connectivity index (χ4n) is 6.09. The van der Waals surface area contributed by atoms with E-state index in [0.29, 0.717) is 60.0 Å². The van der Waals surface area contributed by atoms with E-state index in [1.54, 1.807) is 9.47 Å². The van der Waals surface area contributed by atoms with Crippen LogP contribution in [0.3, 0.4) is 0 Å². The molecule has 0 aliphatic carbocycles. The molecule has 2 fully saturated rings. The average molecular weight is 575 g/mol. The van der Waals surface area contributed by atoms with Gasteiger partial charge in [0.15, 0.2) is 0 Å². The zero-order valence-electron chi connectivity index (χ0n) is 23.0. The second kappa shape index (κ2) is 10.2. The van der Waals surface area contributed by atoms with Crippen LogP contribution >= 0.6 is 11.6 Å². The van der Waals surface area contributed by atoms with E-state index in [2.05, 4.69) is 18.0 Å². The lowest BCUT2D eigenvalue weighted by Gasteiger charge is -2.33. The lowest BCUT2D eigenvalue weighted by atomic mass is 10.0. The Morgan fingerprint density at radius 1 is 1.10 bits per heavy atom. The fourth-order valence-corrected chi connectivity index (χ4v) is 6.22. The highest BCUT2D eigenvalue weighted by Gasteiger charge is 2.39. The molecule has 10 nitrogen and oxygen atoms in total. The Morgan fingerprint density at radius 3 is 2.76 bits per heavy atom. The van der Waals surface area contributed by atoms with Crippen LogP contribution in [0.25, 0.3) is 22.2 Å². The van der Waals surface area contributed by atoms with E-state index in [4.69, 9.17) is 31.2 Å². The number of ether oxygens (including phenoxy) is 2. The molecule has 0 radical (unpaired) electrons. The van der Waals surface area contributed by atoms with Crippen molar-refractivity contribution in [2.24, 2.45) is 0 Å². The number of benzene rings is 2. The van der Waals surface area contributed by atoms with E-state index >= 15 is 0 Å². The van der Waals surface area contributed by atoms with Crippen molar-refractivity contribution < 1.29 is 14.3 Å². The van der Waals surface area contributed by atoms with Crippen molar-refractivity contribution in [3.8, 4) is 17.0 Å². The standard InChI is InChI=1S/C30H31ClN6O4/c1-18-32-26-13-24(27-12-21-16-34(2)9-10-37(21)33-27)28(41-23-7-8-35-22(11-23)17-40-30(35)39)14-25(26)29(38)36(18)15-19-3-5-20(31)6-4-19/h3-6,12-14,22-23H,7-11,15-17H2,1-2H3/t22-,23-/m0/s1. The molecule has 2 aromatic heterocycles. The lowest BCUT2D eigenvalue weighted by molar-refractivity contribution is 0.0941. The van der Waals surface area contributed by atoms with Crippen LogP contribution in [0.1, 0.15) is 29.9 Å². The van der Waals surface area contributed by atoms with Crippen LogP contribution in [0.2, 0.25) is 5.02 Å². The minimum atomic E-state index is -0.254. The summed E-state index contributed by atoms with van der Waals surface area (Å²) in [6, 6.07) is 13.3. The maximum atomic E-state index is 13.8. The highest BCUT2D eigenvalue weighted by Crippen LogP contribution is 2.36. The van der Waals surface area contributed by atoms with Gasteiger partial charge >= 0.3 is 6.09 Å². The highest BCUT2D eigenvalue weighted by molar-refractivity contribution is 6.30. The quantitative estimate of drug-likeness (QED) is 0.354. The predicted octanol–water partition coefficient (Wildman–Crippen LogP) is 4.08. The summed E-state index contributed by atoms with van der Waals surface area (Å²) in [5.41, 5.74) is 4.18. The molecule has 41 heavy (non-hydrogen) atoms. The van der Waals surface area contributed by atoms with Gasteiger partial charge in [0.05, 0.1) is 41.4 Å². The van der Waals surface area contributed by atoms with Crippen LogP contribution in [0.5, 0.6) is 5.75 Å². The first-order valence-electron chi connectivity index (χ1n) is 14.0. The molecule has 7 rings (SSSR count). The molecule has 0 bridgehead atoms. The number of aryl methyl sites for hydroxylation is 1. The smallest absolute Gasteiger partial charge is 0.410 e. The summed E-state index contributed by atoms with van der Waals surface area (Å²) in [6.45, 7) is 5.76. The number of aromatic nitrogens is 4. The Hall–Kier alpha value is -3.89. The number of rotatable bonds is 5. The molecule has 0 saturated carbocycles. The van der Waals surface area contributed by atoms with Gasteiger partial charge in [-0.25, -0.2) is 9.78 Å². The monoisotopic (exact) mass is 574 g/mol. The van der Waals surface area contributed by atoms with Crippen molar-refractivity contribution in [1.29, 1.82) is 0 Å². The second-order valence-corrected chi connectivity index (χ2v) is 11.6. The number of halogens is 1. The van der Waals surface area contributed by atoms with Gasteiger partial charge in [-0.05, 0) is 49.9 Å². The predicted molar refractivity (Wildman–Crippen MR) is 154 cm³/mol. The molecular weight excluding hydrogens is 544 g/mol. The fraction of sp³-hybridized carbons (Fsp3) is 0.400. The topological polar surface area (TPSA) is 94.7 Å². The van der Waals surface area contributed by atoms with E-state index < -0.39 is 0 Å². The Morgan fingerprint density at radius 2 is 1.93 bits per heavy atom. The molecule has 2 aromatic carbocycles. The molecule has 0 unspecified atom stereocenters. The summed E-state index contributed by atoms with van der Waals surface area (Å²) in [5, 5.41) is 6.06. The van der Waals surface area contributed by atoms with Crippen LogP contribution in [0.15, 0.2) is 47.3 Å². The number of cyclic esters (lactones) is 1. The van der Waals surface area contributed by atoms with Crippen LogP contribution in [0, 0.1) is 6.92 Å². The minimum Gasteiger partial charge on any atom is -0.490 e. The third-order valence-electron chi connectivity index (χ3n) is 8.36. The van der Waals surface area contributed by atoms with Gasteiger partial charge in [-0.15, -0.1) is 0 Å². The molecule has 3 aliphatic rings. The average Bonchev–Trinajstić information content (AvgIpc) is 3.55. The van der Waals surface area contributed by atoms with Gasteiger partial charge in [-0.1, -0.05) is 23.7 Å². The summed E-state index contributed by atoms with van der Waals surface area (Å²) >= 11 is 6.07. The zero-order chi connectivity index (χ0) is 28.2. The van der Waals surface area contributed by atoms with Gasteiger partial charge in [-0.2, -0.15) is 5.10 Å². The number of carbonyl (C=O) groups excluding carboxylic acids is 1. The molecule has 2 saturated heterocycles. The number of fused-ring (bicyclic) bond motifs is 3. The number of carbonyl (C=O) groups is 1. The summed E-state index contributed by atoms with van der Waals surface area (Å²) in [6.07, 6.45) is 0.970. The maximum Gasteiger partial charge on any atom is 0.410 e. The first-order valence-corrected chi connectivity index (χ1v) is 14.4. The summed E-state index contributed by atoms with van der Waals surface area (Å²) in [7, 11) is 2.10. The van der Waals surface area contributed by atoms with Crippen molar-refractivity contribution in [1.82, 2.24) is 29.1 Å². The lowest BCUT2D eigenvalue weighted by Crippen LogP contribution is -2.44. The van der Waals surface area contributed by atoms with E-state index in [9.17, 15) is 9.59 Å². The SMILES string of the molecule is Cc1nc2cc(-c3cc4n(n3)CCN(C)C4)c(O[C@H]3CCN4C(=O)OC[C@@H]4C3)cc2c(=O)n1Cc1ccc(Cl)cc1. The number of hydrogen-bond acceptors (Lipinski definition) is 7.